The summed E-state index contributed by atoms with van der Waals surface area (Å²) in [6, 6.07) is 11.0. The predicted octanol–water partition coefficient (Wildman–Crippen LogP) is 3.81. The number of nitriles is 1. The van der Waals surface area contributed by atoms with E-state index in [0.717, 1.165) is 0 Å². The predicted molar refractivity (Wildman–Crippen MR) is 100 cm³/mol. The Morgan fingerprint density at radius 3 is 2.52 bits per heavy atom. The van der Waals surface area contributed by atoms with Gasteiger partial charge >= 0.3 is 0 Å². The number of nitrogens with zero attached hydrogens (tertiary/aromatic N) is 3. The van der Waals surface area contributed by atoms with Crippen LogP contribution in [0.1, 0.15) is 30.0 Å². The first-order valence-corrected chi connectivity index (χ1v) is 8.55. The third-order valence-corrected chi connectivity index (χ3v) is 4.61. The van der Waals surface area contributed by atoms with Gasteiger partial charge in [0.15, 0.2) is 0 Å². The van der Waals surface area contributed by atoms with Crippen molar-refractivity contribution in [1.82, 2.24) is 10.2 Å². The van der Waals surface area contributed by atoms with Crippen LogP contribution in [0.4, 0.5) is 5.69 Å². The zero-order valence-corrected chi connectivity index (χ0v) is 15.4. The fraction of sp³-hybridized carbons (Fsp3) is 0.211. The van der Waals surface area contributed by atoms with Gasteiger partial charge in [-0.3, -0.25) is 0 Å². The van der Waals surface area contributed by atoms with Gasteiger partial charge in [-0.15, -0.1) is 10.2 Å². The molecule has 0 aliphatic rings. The SMILES string of the molecule is Cc1c(NC(c2nnc(-c3ccc(O)cc3)o2)[C@H](C)O)ccc(C#N)c1Cl. The second-order valence-electron chi connectivity index (χ2n) is 6.07. The molecular formula is C19H17ClN4O3. The Labute approximate surface area is 160 Å². The summed E-state index contributed by atoms with van der Waals surface area (Å²) in [6.45, 7) is 3.38. The molecule has 1 heterocycles. The smallest absolute Gasteiger partial charge is 0.247 e. The van der Waals surface area contributed by atoms with E-state index in [0.29, 0.717) is 27.4 Å². The quantitative estimate of drug-likeness (QED) is 0.612. The van der Waals surface area contributed by atoms with E-state index >= 15 is 0 Å². The molecule has 27 heavy (non-hydrogen) atoms. The lowest BCUT2D eigenvalue weighted by molar-refractivity contribution is 0.159. The van der Waals surface area contributed by atoms with Crippen LogP contribution in [-0.2, 0) is 0 Å². The van der Waals surface area contributed by atoms with Crippen LogP contribution >= 0.6 is 11.6 Å². The summed E-state index contributed by atoms with van der Waals surface area (Å²) >= 11 is 6.21. The number of hydrogen-bond donors (Lipinski definition) is 3. The molecule has 7 nitrogen and oxygen atoms in total. The first kappa shape index (κ1) is 18.7. The summed E-state index contributed by atoms with van der Waals surface area (Å²) in [6.07, 6.45) is -0.841. The first-order chi connectivity index (χ1) is 12.9. The summed E-state index contributed by atoms with van der Waals surface area (Å²) in [4.78, 5) is 0. The molecule has 1 aromatic heterocycles. The van der Waals surface area contributed by atoms with Gasteiger partial charge in [-0.05, 0) is 55.8 Å². The summed E-state index contributed by atoms with van der Waals surface area (Å²) in [5.74, 6) is 0.607. The summed E-state index contributed by atoms with van der Waals surface area (Å²) < 4.78 is 5.71. The molecule has 1 unspecified atom stereocenters. The summed E-state index contributed by atoms with van der Waals surface area (Å²) in [5, 5.41) is 40.2. The van der Waals surface area contributed by atoms with Crippen molar-refractivity contribution in [1.29, 1.82) is 5.26 Å². The van der Waals surface area contributed by atoms with Crippen LogP contribution in [0.2, 0.25) is 5.02 Å². The topological polar surface area (TPSA) is 115 Å². The van der Waals surface area contributed by atoms with E-state index in [1.807, 2.05) is 6.07 Å². The molecule has 2 aromatic carbocycles. The molecule has 138 valence electrons. The van der Waals surface area contributed by atoms with E-state index in [2.05, 4.69) is 15.5 Å². The Bertz CT molecular complexity index is 993. The van der Waals surface area contributed by atoms with Crippen molar-refractivity contribution in [2.75, 3.05) is 5.32 Å². The Hall–Kier alpha value is -3.08. The highest BCUT2D eigenvalue weighted by Gasteiger charge is 2.25. The van der Waals surface area contributed by atoms with Crippen molar-refractivity contribution >= 4 is 17.3 Å². The molecule has 0 radical (unpaired) electrons. The van der Waals surface area contributed by atoms with Gasteiger partial charge in [0.05, 0.1) is 16.7 Å². The number of hydrogen-bond acceptors (Lipinski definition) is 7. The van der Waals surface area contributed by atoms with Crippen LogP contribution in [0.3, 0.4) is 0 Å². The summed E-state index contributed by atoms with van der Waals surface area (Å²) in [5.41, 5.74) is 2.35. The van der Waals surface area contributed by atoms with E-state index in [1.54, 1.807) is 38.1 Å². The van der Waals surface area contributed by atoms with Gasteiger partial charge in [0.1, 0.15) is 17.9 Å². The lowest BCUT2D eigenvalue weighted by Crippen LogP contribution is -2.23. The van der Waals surface area contributed by atoms with Crippen LogP contribution in [0.15, 0.2) is 40.8 Å². The number of aliphatic hydroxyl groups excluding tert-OH is 1. The molecule has 0 saturated carbocycles. The maximum absolute atomic E-state index is 10.2. The highest BCUT2D eigenvalue weighted by atomic mass is 35.5. The number of nitrogens with one attached hydrogen (secondary N) is 1. The van der Waals surface area contributed by atoms with E-state index < -0.39 is 12.1 Å². The standard InChI is InChI=1S/C19H17ClN4O3/c1-10-15(8-5-13(9-21)16(10)20)22-17(11(2)25)19-24-23-18(27-19)12-3-6-14(26)7-4-12/h3-8,11,17,22,25-26H,1-2H3/t11-,17?/m0/s1. The minimum Gasteiger partial charge on any atom is -0.508 e. The van der Waals surface area contributed by atoms with Crippen LogP contribution in [-0.4, -0.2) is 26.5 Å². The second-order valence-corrected chi connectivity index (χ2v) is 6.44. The first-order valence-electron chi connectivity index (χ1n) is 8.17. The van der Waals surface area contributed by atoms with Gasteiger partial charge in [0, 0.05) is 11.3 Å². The van der Waals surface area contributed by atoms with Gasteiger partial charge in [-0.25, -0.2) is 0 Å². The van der Waals surface area contributed by atoms with Gasteiger partial charge in [0.2, 0.25) is 11.8 Å². The number of benzene rings is 2. The van der Waals surface area contributed by atoms with Crippen molar-refractivity contribution in [3.8, 4) is 23.3 Å². The molecule has 3 N–H and O–H groups in total. The Kier molecular flexibility index (Phi) is 5.31. The molecule has 0 fully saturated rings. The van der Waals surface area contributed by atoms with Crippen LogP contribution in [0.25, 0.3) is 11.5 Å². The van der Waals surface area contributed by atoms with Gasteiger partial charge < -0.3 is 19.9 Å². The van der Waals surface area contributed by atoms with Crippen molar-refractivity contribution < 1.29 is 14.6 Å². The monoisotopic (exact) mass is 384 g/mol. The number of aliphatic hydroxyl groups is 1. The second kappa shape index (κ2) is 7.66. The average Bonchev–Trinajstić information content (AvgIpc) is 3.13. The number of rotatable bonds is 5. The van der Waals surface area contributed by atoms with Crippen LogP contribution in [0, 0.1) is 18.3 Å². The number of aromatic hydroxyl groups is 1. The van der Waals surface area contributed by atoms with Crippen molar-refractivity contribution in [3.05, 3.63) is 58.4 Å². The largest absolute Gasteiger partial charge is 0.508 e. The Morgan fingerprint density at radius 1 is 1.19 bits per heavy atom. The van der Waals surface area contributed by atoms with Crippen LogP contribution in [0.5, 0.6) is 5.75 Å². The van der Waals surface area contributed by atoms with Gasteiger partial charge in [-0.2, -0.15) is 5.26 Å². The molecular weight excluding hydrogens is 368 g/mol. The molecule has 0 aliphatic heterocycles. The van der Waals surface area contributed by atoms with Gasteiger partial charge in [0.25, 0.3) is 0 Å². The fourth-order valence-corrected chi connectivity index (χ4v) is 2.77. The molecule has 8 heteroatoms. The number of halogens is 1. The maximum Gasteiger partial charge on any atom is 0.247 e. The zero-order chi connectivity index (χ0) is 19.6. The minimum atomic E-state index is -0.841. The van der Waals surface area contributed by atoms with Crippen molar-refractivity contribution in [3.63, 3.8) is 0 Å². The molecule has 0 spiro atoms. The average molecular weight is 385 g/mol. The highest BCUT2D eigenvalue weighted by Crippen LogP contribution is 2.31. The number of phenolic OH excluding ortho intramolecular Hbond substituents is 1. The van der Waals surface area contributed by atoms with E-state index in [9.17, 15) is 10.2 Å². The molecule has 0 bridgehead atoms. The zero-order valence-electron chi connectivity index (χ0n) is 14.6. The van der Waals surface area contributed by atoms with Crippen LogP contribution < -0.4 is 5.32 Å². The fourth-order valence-electron chi connectivity index (χ4n) is 2.56. The molecule has 0 amide bonds. The molecule has 0 saturated heterocycles. The Morgan fingerprint density at radius 2 is 1.89 bits per heavy atom. The van der Waals surface area contributed by atoms with E-state index in [1.165, 1.54) is 12.1 Å². The van der Waals surface area contributed by atoms with E-state index in [4.69, 9.17) is 21.3 Å². The highest BCUT2D eigenvalue weighted by molar-refractivity contribution is 6.32. The lowest BCUT2D eigenvalue weighted by atomic mass is 10.1. The molecule has 3 rings (SSSR count). The Balaban J connectivity index is 1.90. The minimum absolute atomic E-state index is 0.134. The van der Waals surface area contributed by atoms with Crippen molar-refractivity contribution in [2.24, 2.45) is 0 Å². The summed E-state index contributed by atoms with van der Waals surface area (Å²) in [7, 11) is 0. The number of phenols is 1. The maximum atomic E-state index is 10.2. The number of aromatic nitrogens is 2. The third kappa shape index (κ3) is 3.87. The molecule has 2 atom stereocenters. The molecule has 3 aromatic rings. The number of anilines is 1. The normalized spacial score (nSPS) is 13.0. The van der Waals surface area contributed by atoms with E-state index in [-0.39, 0.29) is 17.5 Å². The third-order valence-electron chi connectivity index (χ3n) is 4.12. The van der Waals surface area contributed by atoms with Crippen molar-refractivity contribution in [2.45, 2.75) is 26.0 Å². The lowest BCUT2D eigenvalue weighted by Gasteiger charge is -2.21. The molecule has 0 aliphatic carbocycles. The van der Waals surface area contributed by atoms with Gasteiger partial charge in [-0.1, -0.05) is 11.6 Å².